The first-order valence-electron chi connectivity index (χ1n) is 5.10. The molecule has 2 aromatic rings. The molecular formula is C11H12BrN3O2. The van der Waals surface area contributed by atoms with Crippen molar-refractivity contribution in [1.82, 2.24) is 15.5 Å². The zero-order valence-electron chi connectivity index (χ0n) is 9.31. The van der Waals surface area contributed by atoms with Crippen molar-refractivity contribution in [2.75, 3.05) is 7.05 Å². The van der Waals surface area contributed by atoms with Crippen molar-refractivity contribution < 1.29 is 9.26 Å². The zero-order chi connectivity index (χ0) is 12.1. The number of nitrogens with zero attached hydrogens (tertiary/aromatic N) is 2. The molecular weight excluding hydrogens is 286 g/mol. The van der Waals surface area contributed by atoms with Crippen molar-refractivity contribution >= 4 is 15.9 Å². The smallest absolute Gasteiger partial charge is 0.213 e. The van der Waals surface area contributed by atoms with E-state index in [0.717, 1.165) is 22.3 Å². The number of rotatable bonds is 5. The van der Waals surface area contributed by atoms with Crippen LogP contribution < -0.4 is 10.1 Å². The summed E-state index contributed by atoms with van der Waals surface area (Å²) in [5.41, 5.74) is 1.14. The van der Waals surface area contributed by atoms with Crippen LogP contribution in [0.25, 0.3) is 0 Å². The Labute approximate surface area is 107 Å². The molecule has 90 valence electrons. The Morgan fingerprint density at radius 1 is 1.47 bits per heavy atom. The molecule has 6 heteroatoms. The molecule has 1 N–H and O–H groups in total. The van der Waals surface area contributed by atoms with Crippen LogP contribution in [0.4, 0.5) is 0 Å². The number of halogens is 1. The van der Waals surface area contributed by atoms with E-state index in [1.165, 1.54) is 6.39 Å². The Hall–Kier alpha value is -1.40. The Kier molecular flexibility index (Phi) is 4.11. The highest BCUT2D eigenvalue weighted by Crippen LogP contribution is 2.22. The second kappa shape index (κ2) is 5.79. The molecule has 0 aliphatic rings. The maximum absolute atomic E-state index is 5.56. The SMILES string of the molecule is CNCc1cc(OCc2ncon2)ccc1Br. The summed E-state index contributed by atoms with van der Waals surface area (Å²) in [5, 5.41) is 6.77. The van der Waals surface area contributed by atoms with Crippen LogP contribution in [0.2, 0.25) is 0 Å². The summed E-state index contributed by atoms with van der Waals surface area (Å²) in [5.74, 6) is 1.31. The fourth-order valence-corrected chi connectivity index (χ4v) is 1.76. The maximum Gasteiger partial charge on any atom is 0.213 e. The van der Waals surface area contributed by atoms with E-state index in [-0.39, 0.29) is 0 Å². The minimum atomic E-state index is 0.303. The van der Waals surface area contributed by atoms with Crippen molar-refractivity contribution in [2.24, 2.45) is 0 Å². The van der Waals surface area contributed by atoms with Crippen LogP contribution in [0.5, 0.6) is 5.75 Å². The summed E-state index contributed by atoms with van der Waals surface area (Å²) in [6.07, 6.45) is 1.28. The van der Waals surface area contributed by atoms with Crippen LogP contribution in [0.15, 0.2) is 33.6 Å². The second-order valence-corrected chi connectivity index (χ2v) is 4.27. The van der Waals surface area contributed by atoms with E-state index < -0.39 is 0 Å². The Bertz CT molecular complexity index is 474. The van der Waals surface area contributed by atoms with Gasteiger partial charge in [0.05, 0.1) is 0 Å². The van der Waals surface area contributed by atoms with E-state index in [4.69, 9.17) is 4.74 Å². The molecule has 2 rings (SSSR count). The topological polar surface area (TPSA) is 60.2 Å². The van der Waals surface area contributed by atoms with Gasteiger partial charge in [-0.25, -0.2) is 0 Å². The van der Waals surface area contributed by atoms with Crippen LogP contribution in [-0.2, 0) is 13.2 Å². The van der Waals surface area contributed by atoms with E-state index in [1.807, 2.05) is 25.2 Å². The predicted octanol–water partition coefficient (Wildman–Crippen LogP) is 2.13. The molecule has 1 aromatic carbocycles. The van der Waals surface area contributed by atoms with Crippen molar-refractivity contribution in [3.05, 3.63) is 40.5 Å². The normalized spacial score (nSPS) is 10.5. The number of nitrogens with one attached hydrogen (secondary N) is 1. The average Bonchev–Trinajstić information content (AvgIpc) is 2.83. The van der Waals surface area contributed by atoms with Gasteiger partial charge in [0.2, 0.25) is 12.2 Å². The Morgan fingerprint density at radius 2 is 2.35 bits per heavy atom. The van der Waals surface area contributed by atoms with E-state index >= 15 is 0 Å². The molecule has 1 heterocycles. The quantitative estimate of drug-likeness (QED) is 0.916. The van der Waals surface area contributed by atoms with Crippen LogP contribution in [0.1, 0.15) is 11.4 Å². The van der Waals surface area contributed by atoms with Gasteiger partial charge in [-0.2, -0.15) is 4.98 Å². The summed E-state index contributed by atoms with van der Waals surface area (Å²) >= 11 is 3.49. The van der Waals surface area contributed by atoms with Gasteiger partial charge in [0, 0.05) is 11.0 Å². The van der Waals surface area contributed by atoms with Gasteiger partial charge in [0.15, 0.2) is 6.61 Å². The lowest BCUT2D eigenvalue weighted by atomic mass is 10.2. The molecule has 0 saturated heterocycles. The molecule has 0 amide bonds. The minimum absolute atomic E-state index is 0.303. The fraction of sp³-hybridized carbons (Fsp3) is 0.273. The Balaban J connectivity index is 2.03. The monoisotopic (exact) mass is 297 g/mol. The van der Waals surface area contributed by atoms with E-state index in [1.54, 1.807) is 0 Å². The first kappa shape index (κ1) is 12.1. The van der Waals surface area contributed by atoms with Crippen molar-refractivity contribution in [3.8, 4) is 5.75 Å². The Morgan fingerprint density at radius 3 is 3.06 bits per heavy atom. The van der Waals surface area contributed by atoms with Gasteiger partial charge in [-0.05, 0) is 30.8 Å². The molecule has 17 heavy (non-hydrogen) atoms. The maximum atomic E-state index is 5.56. The standard InChI is InChI=1S/C11H12BrN3O2/c1-13-5-8-4-9(2-3-10(8)12)16-6-11-14-7-17-15-11/h2-4,7,13H,5-6H2,1H3. The summed E-state index contributed by atoms with van der Waals surface area (Å²) in [7, 11) is 1.90. The lowest BCUT2D eigenvalue weighted by Crippen LogP contribution is -2.06. The third-order valence-corrected chi connectivity index (χ3v) is 2.93. The first-order chi connectivity index (χ1) is 8.29. The summed E-state index contributed by atoms with van der Waals surface area (Å²) < 4.78 is 11.2. The van der Waals surface area contributed by atoms with Crippen LogP contribution >= 0.6 is 15.9 Å². The predicted molar refractivity (Wildman–Crippen MR) is 65.5 cm³/mol. The zero-order valence-corrected chi connectivity index (χ0v) is 10.9. The largest absolute Gasteiger partial charge is 0.485 e. The van der Waals surface area contributed by atoms with Gasteiger partial charge in [0.1, 0.15) is 5.75 Å². The van der Waals surface area contributed by atoms with Crippen molar-refractivity contribution in [1.29, 1.82) is 0 Å². The molecule has 1 aromatic heterocycles. The van der Waals surface area contributed by atoms with Gasteiger partial charge in [0.25, 0.3) is 0 Å². The molecule has 0 saturated carbocycles. The van der Waals surface area contributed by atoms with E-state index in [2.05, 4.69) is 35.9 Å². The van der Waals surface area contributed by atoms with Gasteiger partial charge in [-0.3, -0.25) is 0 Å². The lowest BCUT2D eigenvalue weighted by molar-refractivity contribution is 0.286. The van der Waals surface area contributed by atoms with Gasteiger partial charge < -0.3 is 14.6 Å². The number of hydrogen-bond donors (Lipinski definition) is 1. The molecule has 0 radical (unpaired) electrons. The molecule has 0 fully saturated rings. The van der Waals surface area contributed by atoms with Gasteiger partial charge in [-0.1, -0.05) is 21.1 Å². The van der Waals surface area contributed by atoms with Crippen LogP contribution in [0, 0.1) is 0 Å². The number of aromatic nitrogens is 2. The highest BCUT2D eigenvalue weighted by molar-refractivity contribution is 9.10. The summed E-state index contributed by atoms with van der Waals surface area (Å²) in [6, 6.07) is 5.82. The second-order valence-electron chi connectivity index (χ2n) is 3.42. The lowest BCUT2D eigenvalue weighted by Gasteiger charge is -2.08. The van der Waals surface area contributed by atoms with Gasteiger partial charge in [-0.15, -0.1) is 0 Å². The number of hydrogen-bond acceptors (Lipinski definition) is 5. The van der Waals surface area contributed by atoms with E-state index in [9.17, 15) is 0 Å². The molecule has 0 spiro atoms. The highest BCUT2D eigenvalue weighted by atomic mass is 79.9. The minimum Gasteiger partial charge on any atom is -0.485 e. The van der Waals surface area contributed by atoms with E-state index in [0.29, 0.717) is 12.4 Å². The third kappa shape index (κ3) is 3.28. The molecule has 0 bridgehead atoms. The van der Waals surface area contributed by atoms with Crippen molar-refractivity contribution in [2.45, 2.75) is 13.2 Å². The van der Waals surface area contributed by atoms with Crippen LogP contribution in [0.3, 0.4) is 0 Å². The molecule has 0 atom stereocenters. The summed E-state index contributed by atoms with van der Waals surface area (Å²) in [4.78, 5) is 3.88. The van der Waals surface area contributed by atoms with Gasteiger partial charge >= 0.3 is 0 Å². The van der Waals surface area contributed by atoms with Crippen molar-refractivity contribution in [3.63, 3.8) is 0 Å². The van der Waals surface area contributed by atoms with Crippen LogP contribution in [-0.4, -0.2) is 17.2 Å². The number of ether oxygens (including phenoxy) is 1. The highest BCUT2D eigenvalue weighted by Gasteiger charge is 2.04. The molecule has 0 unspecified atom stereocenters. The molecule has 5 nitrogen and oxygen atoms in total. The average molecular weight is 298 g/mol. The third-order valence-electron chi connectivity index (χ3n) is 2.16. The molecule has 0 aliphatic heterocycles. The number of benzene rings is 1. The molecule has 0 aliphatic carbocycles. The first-order valence-corrected chi connectivity index (χ1v) is 5.90. The fourth-order valence-electron chi connectivity index (χ4n) is 1.37. The summed E-state index contributed by atoms with van der Waals surface area (Å²) in [6.45, 7) is 1.08.